The molecule has 0 saturated heterocycles. The zero-order chi connectivity index (χ0) is 14.8. The van der Waals surface area contributed by atoms with Crippen LogP contribution in [-0.2, 0) is 0 Å². The van der Waals surface area contributed by atoms with Gasteiger partial charge in [-0.05, 0) is 49.9 Å². The number of hydrogen-bond acceptors (Lipinski definition) is 3. The van der Waals surface area contributed by atoms with E-state index in [2.05, 4.69) is 54.5 Å². The number of aromatic nitrogens is 1. The van der Waals surface area contributed by atoms with E-state index >= 15 is 0 Å². The standard InChI is InChI=1S/C18H20N2O/c1-12-4-5-16-15(10-12)11-17(21-16)18(19-3)13(2)14-6-8-20-9-7-14/h4-11,13,18-19H,1-3H3. The van der Waals surface area contributed by atoms with Gasteiger partial charge in [0, 0.05) is 23.7 Å². The van der Waals surface area contributed by atoms with Crippen LogP contribution in [0.3, 0.4) is 0 Å². The predicted octanol–water partition coefficient (Wildman–Crippen LogP) is 4.20. The van der Waals surface area contributed by atoms with Gasteiger partial charge in [-0.25, -0.2) is 0 Å². The third-order valence-corrected chi connectivity index (χ3v) is 4.04. The first-order valence-electron chi connectivity index (χ1n) is 7.26. The normalized spacial score (nSPS) is 14.2. The predicted molar refractivity (Wildman–Crippen MR) is 85.4 cm³/mol. The van der Waals surface area contributed by atoms with E-state index in [-0.39, 0.29) is 6.04 Å². The summed E-state index contributed by atoms with van der Waals surface area (Å²) in [4.78, 5) is 4.09. The second-order valence-corrected chi connectivity index (χ2v) is 5.53. The van der Waals surface area contributed by atoms with E-state index in [0.717, 1.165) is 16.7 Å². The monoisotopic (exact) mass is 280 g/mol. The van der Waals surface area contributed by atoms with Gasteiger partial charge in [0.1, 0.15) is 11.3 Å². The van der Waals surface area contributed by atoms with Crippen LogP contribution in [-0.4, -0.2) is 12.0 Å². The molecule has 3 rings (SSSR count). The molecule has 2 aromatic heterocycles. The van der Waals surface area contributed by atoms with E-state index < -0.39 is 0 Å². The summed E-state index contributed by atoms with van der Waals surface area (Å²) in [7, 11) is 1.97. The van der Waals surface area contributed by atoms with Crippen molar-refractivity contribution in [3.63, 3.8) is 0 Å². The third-order valence-electron chi connectivity index (χ3n) is 4.04. The van der Waals surface area contributed by atoms with Gasteiger partial charge in [0.2, 0.25) is 0 Å². The first-order chi connectivity index (χ1) is 10.2. The molecule has 0 amide bonds. The quantitative estimate of drug-likeness (QED) is 0.778. The first-order valence-corrected chi connectivity index (χ1v) is 7.26. The molecule has 0 fully saturated rings. The largest absolute Gasteiger partial charge is 0.459 e. The summed E-state index contributed by atoms with van der Waals surface area (Å²) < 4.78 is 6.04. The van der Waals surface area contributed by atoms with Crippen molar-refractivity contribution in [2.45, 2.75) is 25.8 Å². The topological polar surface area (TPSA) is 38.1 Å². The zero-order valence-corrected chi connectivity index (χ0v) is 12.6. The number of fused-ring (bicyclic) bond motifs is 1. The van der Waals surface area contributed by atoms with E-state index in [9.17, 15) is 0 Å². The van der Waals surface area contributed by atoms with Gasteiger partial charge in [0.05, 0.1) is 6.04 Å². The van der Waals surface area contributed by atoms with Crippen molar-refractivity contribution >= 4 is 11.0 Å². The summed E-state index contributed by atoms with van der Waals surface area (Å²) in [5.74, 6) is 1.28. The number of rotatable bonds is 4. The number of hydrogen-bond donors (Lipinski definition) is 1. The molecule has 0 saturated carbocycles. The molecule has 0 bridgehead atoms. The van der Waals surface area contributed by atoms with Crippen molar-refractivity contribution in [3.05, 3.63) is 65.7 Å². The van der Waals surface area contributed by atoms with Crippen LogP contribution < -0.4 is 5.32 Å². The van der Waals surface area contributed by atoms with Crippen LogP contribution in [0.5, 0.6) is 0 Å². The highest BCUT2D eigenvalue weighted by molar-refractivity contribution is 5.78. The van der Waals surface area contributed by atoms with Crippen molar-refractivity contribution in [2.75, 3.05) is 7.05 Å². The number of pyridine rings is 1. The molecule has 3 heteroatoms. The lowest BCUT2D eigenvalue weighted by Crippen LogP contribution is -2.21. The first kappa shape index (κ1) is 13.8. The maximum atomic E-state index is 6.04. The molecule has 0 aliphatic heterocycles. The fraction of sp³-hybridized carbons (Fsp3) is 0.278. The third kappa shape index (κ3) is 2.69. The Balaban J connectivity index is 1.98. The number of aryl methyl sites for hydroxylation is 1. The van der Waals surface area contributed by atoms with Gasteiger partial charge in [0.15, 0.2) is 0 Å². The van der Waals surface area contributed by atoms with Crippen LogP contribution in [0.25, 0.3) is 11.0 Å². The van der Waals surface area contributed by atoms with E-state index in [4.69, 9.17) is 4.42 Å². The zero-order valence-electron chi connectivity index (χ0n) is 12.6. The summed E-state index contributed by atoms with van der Waals surface area (Å²) >= 11 is 0. The van der Waals surface area contributed by atoms with E-state index in [1.165, 1.54) is 11.1 Å². The summed E-state index contributed by atoms with van der Waals surface area (Å²) in [5.41, 5.74) is 3.44. The van der Waals surface area contributed by atoms with Crippen molar-refractivity contribution in [1.29, 1.82) is 0 Å². The highest BCUT2D eigenvalue weighted by Gasteiger charge is 2.22. The van der Waals surface area contributed by atoms with Crippen molar-refractivity contribution in [3.8, 4) is 0 Å². The number of nitrogens with zero attached hydrogens (tertiary/aromatic N) is 1. The average molecular weight is 280 g/mol. The van der Waals surface area contributed by atoms with Crippen molar-refractivity contribution in [1.82, 2.24) is 10.3 Å². The van der Waals surface area contributed by atoms with Gasteiger partial charge in [-0.3, -0.25) is 4.98 Å². The van der Waals surface area contributed by atoms with Crippen LogP contribution in [0.1, 0.15) is 35.8 Å². The minimum Gasteiger partial charge on any atom is -0.459 e. The molecule has 108 valence electrons. The van der Waals surface area contributed by atoms with Gasteiger partial charge in [-0.2, -0.15) is 0 Å². The number of likely N-dealkylation sites (N-methyl/N-ethyl adjacent to an activating group) is 1. The summed E-state index contributed by atoms with van der Waals surface area (Å²) in [5, 5.41) is 4.54. The minimum absolute atomic E-state index is 0.139. The minimum atomic E-state index is 0.139. The number of nitrogens with one attached hydrogen (secondary N) is 1. The molecule has 3 nitrogen and oxygen atoms in total. The number of furan rings is 1. The van der Waals surface area contributed by atoms with Gasteiger partial charge in [-0.15, -0.1) is 0 Å². The van der Waals surface area contributed by atoms with E-state index in [1.54, 1.807) is 0 Å². The van der Waals surface area contributed by atoms with Gasteiger partial charge >= 0.3 is 0 Å². The Morgan fingerprint density at radius 2 is 1.86 bits per heavy atom. The van der Waals surface area contributed by atoms with E-state index in [0.29, 0.717) is 5.92 Å². The summed E-state index contributed by atoms with van der Waals surface area (Å²) in [6.45, 7) is 4.30. The highest BCUT2D eigenvalue weighted by Crippen LogP contribution is 2.33. The molecule has 2 atom stereocenters. The average Bonchev–Trinajstić information content (AvgIpc) is 2.91. The van der Waals surface area contributed by atoms with Crippen molar-refractivity contribution in [2.24, 2.45) is 0 Å². The Labute approximate surface area is 125 Å². The summed E-state index contributed by atoms with van der Waals surface area (Å²) in [6, 6.07) is 12.7. The Morgan fingerprint density at radius 3 is 2.57 bits per heavy atom. The second-order valence-electron chi connectivity index (χ2n) is 5.53. The molecule has 0 aliphatic rings. The molecule has 1 aromatic carbocycles. The van der Waals surface area contributed by atoms with Gasteiger partial charge in [-0.1, -0.05) is 18.6 Å². The molecule has 2 unspecified atom stereocenters. The lowest BCUT2D eigenvalue weighted by molar-refractivity contribution is 0.410. The van der Waals surface area contributed by atoms with Crippen molar-refractivity contribution < 1.29 is 4.42 Å². The number of benzene rings is 1. The summed E-state index contributed by atoms with van der Waals surface area (Å²) in [6.07, 6.45) is 3.67. The molecule has 3 aromatic rings. The highest BCUT2D eigenvalue weighted by atomic mass is 16.3. The Hall–Kier alpha value is -2.13. The van der Waals surface area contributed by atoms with Crippen LogP contribution in [0.15, 0.2) is 53.2 Å². The van der Waals surface area contributed by atoms with Crippen LogP contribution >= 0.6 is 0 Å². The fourth-order valence-corrected chi connectivity index (χ4v) is 2.83. The lowest BCUT2D eigenvalue weighted by atomic mass is 9.92. The van der Waals surface area contributed by atoms with E-state index in [1.807, 2.05) is 25.5 Å². The molecule has 0 spiro atoms. The van der Waals surface area contributed by atoms with Crippen LogP contribution in [0, 0.1) is 6.92 Å². The molecular weight excluding hydrogens is 260 g/mol. The van der Waals surface area contributed by atoms with Crippen LogP contribution in [0.2, 0.25) is 0 Å². The Morgan fingerprint density at radius 1 is 1.10 bits per heavy atom. The maximum absolute atomic E-state index is 6.04. The molecule has 2 heterocycles. The van der Waals surface area contributed by atoms with Gasteiger partial charge < -0.3 is 9.73 Å². The SMILES string of the molecule is CNC(c1cc2cc(C)ccc2o1)C(C)c1ccncc1. The second kappa shape index (κ2) is 5.70. The lowest BCUT2D eigenvalue weighted by Gasteiger charge is -2.21. The molecule has 0 radical (unpaired) electrons. The smallest absolute Gasteiger partial charge is 0.134 e. The molecule has 21 heavy (non-hydrogen) atoms. The Kier molecular flexibility index (Phi) is 3.76. The molecule has 1 N–H and O–H groups in total. The molecule has 0 aliphatic carbocycles. The van der Waals surface area contributed by atoms with Crippen LogP contribution in [0.4, 0.5) is 0 Å². The Bertz CT molecular complexity index is 733. The fourth-order valence-electron chi connectivity index (χ4n) is 2.83. The molecular formula is C18H20N2O. The van der Waals surface area contributed by atoms with Gasteiger partial charge in [0.25, 0.3) is 0 Å². The maximum Gasteiger partial charge on any atom is 0.134 e.